The minimum Gasteiger partial charge on any atom is -0.481 e. The second kappa shape index (κ2) is 14.4. The quantitative estimate of drug-likeness (QED) is 0.196. The van der Waals surface area contributed by atoms with Gasteiger partial charge in [0.15, 0.2) is 0 Å². The summed E-state index contributed by atoms with van der Waals surface area (Å²) in [7, 11) is 0. The Kier molecular flexibility index (Phi) is 12.6. The molecule has 0 saturated carbocycles. The zero-order chi connectivity index (χ0) is 29.3. The molecule has 13 heteroatoms. The van der Waals surface area contributed by atoms with Crippen molar-refractivity contribution in [2.24, 2.45) is 11.3 Å². The largest absolute Gasteiger partial charge is 0.481 e. The molecule has 0 aliphatic heterocycles. The van der Waals surface area contributed by atoms with Crippen molar-refractivity contribution in [2.75, 3.05) is 24.8 Å². The number of nitro groups is 1. The van der Waals surface area contributed by atoms with Gasteiger partial charge in [-0.3, -0.25) is 14.9 Å². The number of carbonyl (C=O) groups is 3. The number of aliphatic carboxylic acids is 1. The summed E-state index contributed by atoms with van der Waals surface area (Å²) >= 11 is 11.4. The summed E-state index contributed by atoms with van der Waals surface area (Å²) in [5, 5.41) is 24.4. The van der Waals surface area contributed by atoms with Crippen molar-refractivity contribution in [3.63, 3.8) is 0 Å². The number of benzene rings is 1. The number of nitrogens with zero attached hydrogens (tertiary/aromatic N) is 2. The van der Waals surface area contributed by atoms with E-state index in [1.807, 2.05) is 0 Å². The third kappa shape index (κ3) is 10.9. The molecule has 0 aromatic heterocycles. The molecule has 38 heavy (non-hydrogen) atoms. The molecular weight excluding hydrogens is 541 g/mol. The highest BCUT2D eigenvalue weighted by molar-refractivity contribution is 6.18. The van der Waals surface area contributed by atoms with Crippen molar-refractivity contribution in [1.29, 1.82) is 0 Å². The number of alkyl halides is 2. The maximum Gasteiger partial charge on any atom is 0.410 e. The highest BCUT2D eigenvalue weighted by atomic mass is 35.5. The van der Waals surface area contributed by atoms with Crippen LogP contribution in [0, 0.1) is 21.4 Å². The van der Waals surface area contributed by atoms with Crippen LogP contribution >= 0.6 is 23.2 Å². The van der Waals surface area contributed by atoms with E-state index in [-0.39, 0.29) is 49.1 Å². The van der Waals surface area contributed by atoms with Crippen molar-refractivity contribution in [2.45, 2.75) is 66.2 Å². The van der Waals surface area contributed by atoms with Crippen LogP contribution in [0.2, 0.25) is 0 Å². The zero-order valence-corrected chi connectivity index (χ0v) is 24.1. The van der Waals surface area contributed by atoms with Gasteiger partial charge < -0.3 is 24.8 Å². The van der Waals surface area contributed by atoms with Crippen LogP contribution in [-0.4, -0.2) is 69.6 Å². The molecule has 11 nitrogen and oxygen atoms in total. The lowest BCUT2D eigenvalue weighted by Gasteiger charge is -2.35. The van der Waals surface area contributed by atoms with Gasteiger partial charge in [-0.25, -0.2) is 9.59 Å². The summed E-state index contributed by atoms with van der Waals surface area (Å²) in [6.07, 6.45) is -1.67. The number of carboxylic acid groups (broad SMARTS) is 1. The second-order valence-corrected chi connectivity index (χ2v) is 11.5. The molecule has 0 spiro atoms. The molecule has 0 aliphatic rings. The number of amides is 2. The first-order valence-electron chi connectivity index (χ1n) is 12.0. The third-order valence-electron chi connectivity index (χ3n) is 5.41. The van der Waals surface area contributed by atoms with Gasteiger partial charge >= 0.3 is 18.2 Å². The Morgan fingerprint density at radius 1 is 1.11 bits per heavy atom. The molecular formula is C25H37Cl2N3O8. The van der Waals surface area contributed by atoms with Gasteiger partial charge in [-0.2, -0.15) is 0 Å². The molecule has 1 unspecified atom stereocenters. The molecule has 0 aliphatic carbocycles. The molecule has 2 amide bonds. The molecule has 0 radical (unpaired) electrons. The van der Waals surface area contributed by atoms with E-state index in [2.05, 4.69) is 5.32 Å². The van der Waals surface area contributed by atoms with Gasteiger partial charge in [0.1, 0.15) is 12.2 Å². The smallest absolute Gasteiger partial charge is 0.410 e. The summed E-state index contributed by atoms with van der Waals surface area (Å²) < 4.78 is 10.7. The number of carboxylic acids is 1. The Balaban J connectivity index is 3.35. The van der Waals surface area contributed by atoms with Gasteiger partial charge in [-0.15, -0.1) is 23.2 Å². The molecule has 0 saturated heterocycles. The van der Waals surface area contributed by atoms with Crippen LogP contribution in [-0.2, 0) is 27.3 Å². The second-order valence-electron chi connectivity index (χ2n) is 10.8. The fraction of sp³-hybridized carbons (Fsp3) is 0.640. The van der Waals surface area contributed by atoms with Gasteiger partial charge in [0.25, 0.3) is 5.69 Å². The Morgan fingerprint density at radius 3 is 2.13 bits per heavy atom. The number of rotatable bonds is 12. The average molecular weight is 578 g/mol. The van der Waals surface area contributed by atoms with E-state index in [1.165, 1.54) is 23.1 Å². The number of nitrogens with one attached hydrogen (secondary N) is 1. The first kappa shape index (κ1) is 33.2. The lowest BCUT2D eigenvalue weighted by Crippen LogP contribution is -2.50. The van der Waals surface area contributed by atoms with E-state index in [0.29, 0.717) is 5.56 Å². The summed E-state index contributed by atoms with van der Waals surface area (Å²) in [5.74, 6) is -1.91. The lowest BCUT2D eigenvalue weighted by molar-refractivity contribution is -0.385. The van der Waals surface area contributed by atoms with Crippen LogP contribution in [0.1, 0.15) is 52.7 Å². The minimum atomic E-state index is -1.18. The SMILES string of the molecule is CC(C)(C)OC(=O)N[C@H](Cc1cc(COC(=O)N(CCCl)CCCl)ccc1[N+](=O)[O-])C(C(=O)O)C(C)(C)C. The van der Waals surface area contributed by atoms with Crippen molar-refractivity contribution in [3.8, 4) is 0 Å². The van der Waals surface area contributed by atoms with Crippen LogP contribution in [0.15, 0.2) is 18.2 Å². The van der Waals surface area contributed by atoms with E-state index in [0.717, 1.165) is 0 Å². The van der Waals surface area contributed by atoms with Crippen molar-refractivity contribution in [3.05, 3.63) is 39.4 Å². The molecule has 1 aromatic carbocycles. The first-order valence-corrected chi connectivity index (χ1v) is 13.1. The number of hydrogen-bond acceptors (Lipinski definition) is 7. The fourth-order valence-electron chi connectivity index (χ4n) is 3.90. The normalized spacial score (nSPS) is 13.3. The van der Waals surface area contributed by atoms with Crippen LogP contribution in [0.4, 0.5) is 15.3 Å². The third-order valence-corrected chi connectivity index (χ3v) is 5.75. The van der Waals surface area contributed by atoms with Crippen LogP contribution in [0.25, 0.3) is 0 Å². The number of halogens is 2. The zero-order valence-electron chi connectivity index (χ0n) is 22.6. The first-order chi connectivity index (χ1) is 17.5. The van der Waals surface area contributed by atoms with Crippen LogP contribution in [0.3, 0.4) is 0 Å². The molecule has 2 atom stereocenters. The minimum absolute atomic E-state index is 0.165. The van der Waals surface area contributed by atoms with Crippen molar-refractivity contribution < 1.29 is 33.9 Å². The Labute approximate surface area is 232 Å². The van der Waals surface area contributed by atoms with Gasteiger partial charge in [-0.05, 0) is 43.9 Å². The number of carbonyl (C=O) groups excluding carboxylic acids is 2. The Morgan fingerprint density at radius 2 is 1.68 bits per heavy atom. The van der Waals surface area contributed by atoms with Crippen LogP contribution < -0.4 is 5.32 Å². The van der Waals surface area contributed by atoms with Gasteiger partial charge in [0, 0.05) is 42.9 Å². The maximum atomic E-state index is 12.6. The molecule has 0 bridgehead atoms. The molecule has 0 heterocycles. The number of ether oxygens (including phenoxy) is 2. The molecule has 1 rings (SSSR count). The summed E-state index contributed by atoms with van der Waals surface area (Å²) in [6.45, 7) is 10.4. The molecule has 214 valence electrons. The number of alkyl carbamates (subject to hydrolysis) is 1. The highest BCUT2D eigenvalue weighted by Gasteiger charge is 2.40. The summed E-state index contributed by atoms with van der Waals surface area (Å²) in [5.41, 5.74) is -1.32. The summed E-state index contributed by atoms with van der Waals surface area (Å²) in [6, 6.07) is 3.11. The number of hydrogen-bond donors (Lipinski definition) is 2. The number of nitro benzene ring substituents is 1. The maximum absolute atomic E-state index is 12.6. The lowest BCUT2D eigenvalue weighted by atomic mass is 9.74. The molecule has 1 aromatic rings. The topological polar surface area (TPSA) is 148 Å². The standard InChI is InChI=1S/C25H37Cl2N3O8/c1-24(2,3)20(21(31)32)18(28-22(33)38-25(4,5)6)14-17-13-16(7-8-19(17)30(35)36)15-37-23(34)29(11-9-26)12-10-27/h7-8,13,18,20H,9-12,14-15H2,1-6H3,(H,28,33)(H,31,32)/t18-,20?/m1/s1. The highest BCUT2D eigenvalue weighted by Crippen LogP contribution is 2.33. The van der Waals surface area contributed by atoms with E-state index in [9.17, 15) is 29.6 Å². The molecule has 0 fully saturated rings. The van der Waals surface area contributed by atoms with Gasteiger partial charge in [0.05, 0.1) is 16.9 Å². The van der Waals surface area contributed by atoms with E-state index in [4.69, 9.17) is 32.7 Å². The molecule has 2 N–H and O–H groups in total. The van der Waals surface area contributed by atoms with Gasteiger partial charge in [0.2, 0.25) is 0 Å². The van der Waals surface area contributed by atoms with Crippen molar-refractivity contribution in [1.82, 2.24) is 10.2 Å². The predicted octanol–water partition coefficient (Wildman–Crippen LogP) is 5.19. The van der Waals surface area contributed by atoms with E-state index < -0.39 is 46.1 Å². The predicted molar refractivity (Wildman–Crippen MR) is 144 cm³/mol. The average Bonchev–Trinajstić information content (AvgIpc) is 2.74. The Bertz CT molecular complexity index is 986. The van der Waals surface area contributed by atoms with Crippen LogP contribution in [0.5, 0.6) is 0 Å². The Hall–Kier alpha value is -2.79. The van der Waals surface area contributed by atoms with Crippen molar-refractivity contribution >= 4 is 47.0 Å². The fourth-order valence-corrected chi connectivity index (χ4v) is 4.31. The van der Waals surface area contributed by atoms with Gasteiger partial charge in [-0.1, -0.05) is 20.8 Å². The monoisotopic (exact) mass is 577 g/mol. The summed E-state index contributed by atoms with van der Waals surface area (Å²) in [4.78, 5) is 49.8. The van der Waals surface area contributed by atoms with E-state index >= 15 is 0 Å². The van der Waals surface area contributed by atoms with E-state index in [1.54, 1.807) is 41.5 Å².